The summed E-state index contributed by atoms with van der Waals surface area (Å²) in [7, 11) is 0. The molecule has 1 aromatic carbocycles. The fourth-order valence-corrected chi connectivity index (χ4v) is 4.66. The van der Waals surface area contributed by atoms with Crippen molar-refractivity contribution >= 4 is 17.2 Å². The maximum atomic E-state index is 13.3. The van der Waals surface area contributed by atoms with E-state index in [-0.39, 0.29) is 11.8 Å². The van der Waals surface area contributed by atoms with Crippen LogP contribution in [0.3, 0.4) is 0 Å². The van der Waals surface area contributed by atoms with Crippen molar-refractivity contribution in [2.24, 2.45) is 5.92 Å². The van der Waals surface area contributed by atoms with Crippen LogP contribution in [0.1, 0.15) is 38.9 Å². The highest BCUT2D eigenvalue weighted by Crippen LogP contribution is 2.50. The van der Waals surface area contributed by atoms with Gasteiger partial charge < -0.3 is 4.90 Å². The van der Waals surface area contributed by atoms with E-state index in [4.69, 9.17) is 0 Å². The van der Waals surface area contributed by atoms with Crippen LogP contribution in [0.2, 0.25) is 0 Å². The Morgan fingerprint density at radius 1 is 1.11 bits per heavy atom. The Morgan fingerprint density at radius 3 is 2.70 bits per heavy atom. The van der Waals surface area contributed by atoms with Gasteiger partial charge in [0.15, 0.2) is 0 Å². The molecule has 1 amide bonds. The number of amides is 1. The number of hydrogen-bond donors (Lipinski definition) is 0. The van der Waals surface area contributed by atoms with Gasteiger partial charge in [-0.1, -0.05) is 35.9 Å². The van der Waals surface area contributed by atoms with E-state index in [0.29, 0.717) is 19.0 Å². The first-order valence-electron chi connectivity index (χ1n) is 9.41. The van der Waals surface area contributed by atoms with Gasteiger partial charge in [-0.15, -0.1) is 11.3 Å². The number of aryl methyl sites for hydroxylation is 2. The van der Waals surface area contributed by atoms with Crippen LogP contribution in [0, 0.1) is 19.8 Å². The number of carbonyl (C=O) groups is 1. The van der Waals surface area contributed by atoms with E-state index in [1.165, 1.54) is 20.9 Å². The van der Waals surface area contributed by atoms with Gasteiger partial charge in [-0.2, -0.15) is 0 Å². The van der Waals surface area contributed by atoms with Gasteiger partial charge in [0.1, 0.15) is 0 Å². The normalized spacial score (nSPS) is 18.3. The molecule has 1 saturated carbocycles. The first-order valence-corrected chi connectivity index (χ1v) is 10.2. The Bertz CT molecular complexity index is 934. The molecule has 0 N–H and O–H groups in total. The molecular formula is C23H24N2OS. The number of nitrogens with zero attached hydrogens (tertiary/aromatic N) is 2. The predicted molar refractivity (Wildman–Crippen MR) is 110 cm³/mol. The fourth-order valence-electron chi connectivity index (χ4n) is 3.60. The standard InChI is InChI=1S/C23H24N2OS/c1-16-6-5-7-18(12-16)14-25(15-19-8-3-4-11-24-19)23(26)21-13-20(21)22-10-9-17(2)27-22/h3-12,20-21H,13-15H2,1-2H3. The molecule has 2 heterocycles. The van der Waals surface area contributed by atoms with E-state index in [0.717, 1.165) is 12.1 Å². The van der Waals surface area contributed by atoms with Crippen molar-refractivity contribution in [3.63, 3.8) is 0 Å². The van der Waals surface area contributed by atoms with Crippen LogP contribution < -0.4 is 0 Å². The summed E-state index contributed by atoms with van der Waals surface area (Å²) in [6.45, 7) is 5.40. The average molecular weight is 377 g/mol. The molecule has 2 atom stereocenters. The zero-order valence-electron chi connectivity index (χ0n) is 15.8. The van der Waals surface area contributed by atoms with E-state index in [2.05, 4.69) is 55.2 Å². The lowest BCUT2D eigenvalue weighted by molar-refractivity contribution is -0.134. The molecule has 4 heteroatoms. The highest BCUT2D eigenvalue weighted by Gasteiger charge is 2.46. The molecule has 2 aromatic heterocycles. The maximum absolute atomic E-state index is 13.3. The van der Waals surface area contributed by atoms with Gasteiger partial charge in [0.25, 0.3) is 0 Å². The van der Waals surface area contributed by atoms with E-state index >= 15 is 0 Å². The third-order valence-electron chi connectivity index (χ3n) is 5.08. The zero-order chi connectivity index (χ0) is 18.8. The highest BCUT2D eigenvalue weighted by molar-refractivity contribution is 7.12. The van der Waals surface area contributed by atoms with Gasteiger partial charge in [0.05, 0.1) is 12.2 Å². The third-order valence-corrected chi connectivity index (χ3v) is 6.21. The molecule has 1 aliphatic rings. The molecule has 27 heavy (non-hydrogen) atoms. The molecule has 4 rings (SSSR count). The first kappa shape index (κ1) is 17.9. The Balaban J connectivity index is 1.53. The summed E-state index contributed by atoms with van der Waals surface area (Å²) in [6, 6.07) is 18.6. The molecule has 0 bridgehead atoms. The number of thiophene rings is 1. The van der Waals surface area contributed by atoms with Crippen molar-refractivity contribution in [1.82, 2.24) is 9.88 Å². The van der Waals surface area contributed by atoms with Crippen LogP contribution in [0.25, 0.3) is 0 Å². The predicted octanol–water partition coefficient (Wildman–Crippen LogP) is 5.09. The average Bonchev–Trinajstić information content (AvgIpc) is 3.35. The molecule has 0 radical (unpaired) electrons. The summed E-state index contributed by atoms with van der Waals surface area (Å²) in [5.41, 5.74) is 3.32. The van der Waals surface area contributed by atoms with Crippen LogP contribution in [0.4, 0.5) is 0 Å². The summed E-state index contributed by atoms with van der Waals surface area (Å²) in [5, 5.41) is 0. The van der Waals surface area contributed by atoms with Gasteiger partial charge in [-0.05, 0) is 50.1 Å². The molecule has 138 valence electrons. The molecule has 2 unspecified atom stereocenters. The van der Waals surface area contributed by atoms with Crippen molar-refractivity contribution in [1.29, 1.82) is 0 Å². The van der Waals surface area contributed by atoms with Crippen molar-refractivity contribution in [2.75, 3.05) is 0 Å². The van der Waals surface area contributed by atoms with E-state index in [1.54, 1.807) is 6.20 Å². The monoisotopic (exact) mass is 376 g/mol. The van der Waals surface area contributed by atoms with Gasteiger partial charge >= 0.3 is 0 Å². The number of pyridine rings is 1. The molecule has 0 spiro atoms. The number of rotatable bonds is 6. The van der Waals surface area contributed by atoms with Crippen molar-refractivity contribution in [3.05, 3.63) is 87.4 Å². The maximum Gasteiger partial charge on any atom is 0.227 e. The van der Waals surface area contributed by atoms with Crippen LogP contribution in [0.5, 0.6) is 0 Å². The van der Waals surface area contributed by atoms with Gasteiger partial charge in [0.2, 0.25) is 5.91 Å². The largest absolute Gasteiger partial charge is 0.332 e. The molecule has 0 saturated heterocycles. The Morgan fingerprint density at radius 2 is 2.00 bits per heavy atom. The number of hydrogen-bond acceptors (Lipinski definition) is 3. The molecule has 3 aromatic rings. The van der Waals surface area contributed by atoms with Gasteiger partial charge in [-0.25, -0.2) is 0 Å². The number of aromatic nitrogens is 1. The minimum Gasteiger partial charge on any atom is -0.332 e. The minimum absolute atomic E-state index is 0.108. The number of carbonyl (C=O) groups excluding carboxylic acids is 1. The molecule has 0 aliphatic heterocycles. The van der Waals surface area contributed by atoms with E-state index in [1.807, 2.05) is 34.4 Å². The van der Waals surface area contributed by atoms with Crippen LogP contribution in [-0.4, -0.2) is 15.8 Å². The molecule has 1 aliphatic carbocycles. The van der Waals surface area contributed by atoms with Crippen LogP contribution in [0.15, 0.2) is 60.8 Å². The summed E-state index contributed by atoms with van der Waals surface area (Å²) >= 11 is 1.82. The molecule has 1 fully saturated rings. The minimum atomic E-state index is 0.108. The van der Waals surface area contributed by atoms with Crippen LogP contribution in [-0.2, 0) is 17.9 Å². The second kappa shape index (κ2) is 7.65. The van der Waals surface area contributed by atoms with Crippen molar-refractivity contribution in [3.8, 4) is 0 Å². The summed E-state index contributed by atoms with van der Waals surface area (Å²) in [4.78, 5) is 22.4. The Labute approximate surface area is 164 Å². The molecule has 3 nitrogen and oxygen atoms in total. The Hall–Kier alpha value is -2.46. The second-order valence-corrected chi connectivity index (χ2v) is 8.72. The van der Waals surface area contributed by atoms with Crippen molar-refractivity contribution in [2.45, 2.75) is 39.3 Å². The van der Waals surface area contributed by atoms with Crippen LogP contribution >= 0.6 is 11.3 Å². The van der Waals surface area contributed by atoms with Crippen molar-refractivity contribution < 1.29 is 4.79 Å². The fraction of sp³-hybridized carbons (Fsp3) is 0.304. The third kappa shape index (κ3) is 4.28. The lowest BCUT2D eigenvalue weighted by atomic mass is 10.1. The van der Waals surface area contributed by atoms with E-state index < -0.39 is 0 Å². The zero-order valence-corrected chi connectivity index (χ0v) is 16.6. The quantitative estimate of drug-likeness (QED) is 0.600. The number of benzene rings is 1. The smallest absolute Gasteiger partial charge is 0.227 e. The molecular weight excluding hydrogens is 352 g/mol. The topological polar surface area (TPSA) is 33.2 Å². The van der Waals surface area contributed by atoms with E-state index in [9.17, 15) is 4.79 Å². The van der Waals surface area contributed by atoms with Gasteiger partial charge in [0, 0.05) is 34.3 Å². The SMILES string of the molecule is Cc1cccc(CN(Cc2ccccn2)C(=O)C2CC2c2ccc(C)s2)c1. The van der Waals surface area contributed by atoms with Gasteiger partial charge in [-0.3, -0.25) is 9.78 Å². The summed E-state index contributed by atoms with van der Waals surface area (Å²) < 4.78 is 0. The highest BCUT2D eigenvalue weighted by atomic mass is 32.1. The lowest BCUT2D eigenvalue weighted by Crippen LogP contribution is -2.32. The first-order chi connectivity index (χ1) is 13.1. The lowest BCUT2D eigenvalue weighted by Gasteiger charge is -2.23. The summed E-state index contributed by atoms with van der Waals surface area (Å²) in [5.74, 6) is 0.745. The Kier molecular flexibility index (Phi) is 5.08. The second-order valence-electron chi connectivity index (χ2n) is 7.40. The summed E-state index contributed by atoms with van der Waals surface area (Å²) in [6.07, 6.45) is 2.75.